The molecule has 0 saturated heterocycles. The van der Waals surface area contributed by atoms with Gasteiger partial charge in [-0.2, -0.15) is 0 Å². The predicted octanol–water partition coefficient (Wildman–Crippen LogP) is 1.78. The molecule has 0 fully saturated rings. The SMILES string of the molecule is CC(C)C(C)(O)CNC(=O)CCCNC(=O)c1cccs1. The summed E-state index contributed by atoms with van der Waals surface area (Å²) in [5.41, 5.74) is -0.900. The highest BCUT2D eigenvalue weighted by Crippen LogP contribution is 2.14. The summed E-state index contributed by atoms with van der Waals surface area (Å²) in [6, 6.07) is 3.59. The van der Waals surface area contributed by atoms with Crippen molar-refractivity contribution in [3.8, 4) is 0 Å². The summed E-state index contributed by atoms with van der Waals surface area (Å²) in [6.45, 7) is 6.23. The molecular formula is C15H24N2O3S. The van der Waals surface area contributed by atoms with Crippen molar-refractivity contribution in [1.82, 2.24) is 10.6 Å². The molecule has 3 N–H and O–H groups in total. The minimum Gasteiger partial charge on any atom is -0.388 e. The Bertz CT molecular complexity index is 455. The van der Waals surface area contributed by atoms with E-state index in [4.69, 9.17) is 0 Å². The molecule has 0 radical (unpaired) electrons. The molecule has 21 heavy (non-hydrogen) atoms. The molecule has 1 aromatic heterocycles. The largest absolute Gasteiger partial charge is 0.388 e. The molecule has 1 heterocycles. The van der Waals surface area contributed by atoms with E-state index in [-0.39, 0.29) is 24.3 Å². The van der Waals surface area contributed by atoms with Crippen molar-refractivity contribution in [2.75, 3.05) is 13.1 Å². The van der Waals surface area contributed by atoms with Crippen molar-refractivity contribution in [2.24, 2.45) is 5.92 Å². The molecule has 0 saturated carbocycles. The fraction of sp³-hybridized carbons (Fsp3) is 0.600. The Labute approximate surface area is 129 Å². The van der Waals surface area contributed by atoms with E-state index >= 15 is 0 Å². The minimum absolute atomic E-state index is 0.0721. The van der Waals surface area contributed by atoms with Gasteiger partial charge in [-0.05, 0) is 30.7 Å². The second kappa shape index (κ2) is 8.14. The smallest absolute Gasteiger partial charge is 0.261 e. The van der Waals surface area contributed by atoms with E-state index in [9.17, 15) is 14.7 Å². The molecule has 1 rings (SSSR count). The zero-order chi connectivity index (χ0) is 15.9. The van der Waals surface area contributed by atoms with Gasteiger partial charge < -0.3 is 15.7 Å². The van der Waals surface area contributed by atoms with Gasteiger partial charge in [0.25, 0.3) is 5.91 Å². The van der Waals surface area contributed by atoms with Crippen LogP contribution in [0.15, 0.2) is 17.5 Å². The maximum absolute atomic E-state index is 11.7. The lowest BCUT2D eigenvalue weighted by Crippen LogP contribution is -2.44. The Morgan fingerprint density at radius 2 is 2.10 bits per heavy atom. The molecule has 1 atom stereocenters. The number of rotatable bonds is 8. The highest BCUT2D eigenvalue weighted by molar-refractivity contribution is 7.12. The fourth-order valence-corrected chi connectivity index (χ4v) is 2.16. The molecule has 0 aromatic carbocycles. The molecule has 118 valence electrons. The summed E-state index contributed by atoms with van der Waals surface area (Å²) in [4.78, 5) is 24.0. The Kier molecular flexibility index (Phi) is 6.84. The highest BCUT2D eigenvalue weighted by atomic mass is 32.1. The Morgan fingerprint density at radius 3 is 2.67 bits per heavy atom. The van der Waals surface area contributed by atoms with Crippen LogP contribution in [-0.2, 0) is 4.79 Å². The number of thiophene rings is 1. The van der Waals surface area contributed by atoms with Crippen LogP contribution in [0, 0.1) is 5.92 Å². The van der Waals surface area contributed by atoms with E-state index in [2.05, 4.69) is 10.6 Å². The average Bonchev–Trinajstić information content (AvgIpc) is 2.95. The van der Waals surface area contributed by atoms with Crippen LogP contribution in [0.2, 0.25) is 0 Å². The van der Waals surface area contributed by atoms with E-state index in [0.717, 1.165) is 0 Å². The lowest BCUT2D eigenvalue weighted by atomic mass is 9.92. The summed E-state index contributed by atoms with van der Waals surface area (Å²) < 4.78 is 0. The van der Waals surface area contributed by atoms with E-state index < -0.39 is 5.60 Å². The first-order chi connectivity index (χ1) is 9.83. The average molecular weight is 312 g/mol. The minimum atomic E-state index is -0.900. The van der Waals surface area contributed by atoms with Crippen LogP contribution in [0.3, 0.4) is 0 Å². The van der Waals surface area contributed by atoms with Gasteiger partial charge in [0, 0.05) is 19.5 Å². The summed E-state index contributed by atoms with van der Waals surface area (Å²) in [5.74, 6) is -0.141. The monoisotopic (exact) mass is 312 g/mol. The lowest BCUT2D eigenvalue weighted by molar-refractivity contribution is -0.122. The molecule has 0 spiro atoms. The van der Waals surface area contributed by atoms with E-state index in [1.165, 1.54) is 11.3 Å². The van der Waals surface area contributed by atoms with Crippen LogP contribution >= 0.6 is 11.3 Å². The molecule has 0 aliphatic heterocycles. The van der Waals surface area contributed by atoms with Crippen LogP contribution < -0.4 is 10.6 Å². The number of hydrogen-bond acceptors (Lipinski definition) is 4. The van der Waals surface area contributed by atoms with Crippen LogP contribution in [0.1, 0.15) is 43.3 Å². The van der Waals surface area contributed by atoms with Gasteiger partial charge in [0.2, 0.25) is 5.91 Å². The molecule has 6 heteroatoms. The number of amides is 2. The Hall–Kier alpha value is -1.40. The van der Waals surface area contributed by atoms with Crippen molar-refractivity contribution < 1.29 is 14.7 Å². The van der Waals surface area contributed by atoms with Crippen molar-refractivity contribution in [1.29, 1.82) is 0 Å². The summed E-state index contributed by atoms with van der Waals surface area (Å²) in [6.07, 6.45) is 0.908. The van der Waals surface area contributed by atoms with Crippen LogP contribution in [-0.4, -0.2) is 35.6 Å². The Balaban J connectivity index is 2.15. The third-order valence-electron chi connectivity index (χ3n) is 3.50. The molecule has 0 aliphatic rings. The number of aliphatic hydroxyl groups is 1. The van der Waals surface area contributed by atoms with Crippen LogP contribution in [0.5, 0.6) is 0 Å². The normalized spacial score (nSPS) is 13.8. The van der Waals surface area contributed by atoms with Gasteiger partial charge in [-0.1, -0.05) is 19.9 Å². The van der Waals surface area contributed by atoms with Gasteiger partial charge in [0.15, 0.2) is 0 Å². The molecular weight excluding hydrogens is 288 g/mol. The molecule has 5 nitrogen and oxygen atoms in total. The molecule has 1 aromatic rings. The number of nitrogens with one attached hydrogen (secondary N) is 2. The molecule has 2 amide bonds. The highest BCUT2D eigenvalue weighted by Gasteiger charge is 2.25. The van der Waals surface area contributed by atoms with Crippen molar-refractivity contribution in [3.63, 3.8) is 0 Å². The van der Waals surface area contributed by atoms with E-state index in [1.54, 1.807) is 13.0 Å². The first-order valence-electron chi connectivity index (χ1n) is 7.13. The maximum Gasteiger partial charge on any atom is 0.261 e. The molecule has 0 bridgehead atoms. The van der Waals surface area contributed by atoms with Crippen molar-refractivity contribution in [2.45, 2.75) is 39.2 Å². The third kappa shape index (κ3) is 6.27. The van der Waals surface area contributed by atoms with Gasteiger partial charge in [0.05, 0.1) is 10.5 Å². The number of carbonyl (C=O) groups excluding carboxylic acids is 2. The molecule has 1 unspecified atom stereocenters. The van der Waals surface area contributed by atoms with Gasteiger partial charge >= 0.3 is 0 Å². The van der Waals surface area contributed by atoms with Crippen molar-refractivity contribution in [3.05, 3.63) is 22.4 Å². The van der Waals surface area contributed by atoms with E-state index in [1.807, 2.05) is 25.3 Å². The van der Waals surface area contributed by atoms with Crippen molar-refractivity contribution >= 4 is 23.2 Å². The first-order valence-corrected chi connectivity index (χ1v) is 8.01. The second-order valence-electron chi connectivity index (χ2n) is 5.63. The number of carbonyl (C=O) groups is 2. The van der Waals surface area contributed by atoms with Crippen LogP contribution in [0.4, 0.5) is 0 Å². The zero-order valence-corrected chi connectivity index (χ0v) is 13.6. The fourth-order valence-electron chi connectivity index (χ4n) is 1.52. The summed E-state index contributed by atoms with van der Waals surface area (Å²) >= 11 is 1.39. The zero-order valence-electron chi connectivity index (χ0n) is 12.8. The maximum atomic E-state index is 11.7. The summed E-state index contributed by atoms with van der Waals surface area (Å²) in [5, 5.41) is 17.4. The van der Waals surface area contributed by atoms with Gasteiger partial charge in [0.1, 0.15) is 0 Å². The molecule has 0 aliphatic carbocycles. The second-order valence-corrected chi connectivity index (χ2v) is 6.57. The topological polar surface area (TPSA) is 78.4 Å². The van der Waals surface area contributed by atoms with Crippen LogP contribution in [0.25, 0.3) is 0 Å². The van der Waals surface area contributed by atoms with Gasteiger partial charge in [-0.3, -0.25) is 9.59 Å². The van der Waals surface area contributed by atoms with E-state index in [0.29, 0.717) is 24.3 Å². The third-order valence-corrected chi connectivity index (χ3v) is 4.37. The van der Waals surface area contributed by atoms with Gasteiger partial charge in [-0.15, -0.1) is 11.3 Å². The first kappa shape index (κ1) is 17.7. The van der Waals surface area contributed by atoms with Gasteiger partial charge in [-0.25, -0.2) is 0 Å². The number of hydrogen-bond donors (Lipinski definition) is 3. The standard InChI is InChI=1S/C15H24N2O3S/c1-11(2)15(3,20)10-17-13(18)7-4-8-16-14(19)12-6-5-9-21-12/h5-6,9,11,20H,4,7-8,10H2,1-3H3,(H,16,19)(H,17,18). The summed E-state index contributed by atoms with van der Waals surface area (Å²) in [7, 11) is 0. The quantitative estimate of drug-likeness (QED) is 0.640. The lowest BCUT2D eigenvalue weighted by Gasteiger charge is -2.27. The Morgan fingerprint density at radius 1 is 1.38 bits per heavy atom. The predicted molar refractivity (Wildman–Crippen MR) is 84.4 cm³/mol.